The smallest absolute Gasteiger partial charge is 0.358 e. The van der Waals surface area contributed by atoms with Gasteiger partial charge >= 0.3 is 17.1 Å². The summed E-state index contributed by atoms with van der Waals surface area (Å²) in [4.78, 5) is 0. The molecule has 0 spiro atoms. The Morgan fingerprint density at radius 1 is 0.333 bits per heavy atom. The van der Waals surface area contributed by atoms with E-state index in [4.69, 9.17) is 0 Å². The average molecular weight is 891 g/mol. The summed E-state index contributed by atoms with van der Waals surface area (Å²) < 4.78 is 0. The van der Waals surface area contributed by atoms with Gasteiger partial charge in [0.05, 0.1) is 0 Å². The molecule has 0 saturated heterocycles. The Morgan fingerprint density at radius 3 is 0.817 bits per heavy atom. The van der Waals surface area contributed by atoms with E-state index in [1.54, 1.807) is 10.6 Å². The van der Waals surface area contributed by atoms with E-state index < -0.39 is 15.8 Å². The second-order valence-corrected chi connectivity index (χ2v) is 25.7. The standard InChI is InChI=1S/C33H36P2.C21H27P.2CH3.Fe/c1-33(2,3)26-24-31(34(27-16-8-4-9-17-27)28-18-10-5-11-19-28)32(25-26)35(29-20-12-6-13-21-29)30-22-14-7-15-23-30;1-21(2,3)17-14-15-20(16-17)22(18-10-6-4-7-11-18)19-12-8-5-9-13-19;;;/h4-23,26,31-32H,24-25H2,1-3H3;4-13,17,20H,14-16H2,1-3H3;2*1H3;/q;;2*-1;+2. The fraction of sp³-hybridized carbons (Fsp3) is 0.321. The second-order valence-electron chi connectivity index (χ2n) is 18.3. The summed E-state index contributed by atoms with van der Waals surface area (Å²) in [5.41, 5.74) is 2.92. The van der Waals surface area contributed by atoms with Gasteiger partial charge in [0.15, 0.2) is 0 Å². The summed E-state index contributed by atoms with van der Waals surface area (Å²) in [5, 5.41) is 9.18. The summed E-state index contributed by atoms with van der Waals surface area (Å²) >= 11 is 0. The van der Waals surface area contributed by atoms with Gasteiger partial charge in [-0.15, -0.1) is 0 Å². The minimum absolute atomic E-state index is 0. The maximum atomic E-state index is 2.46. The van der Waals surface area contributed by atoms with Crippen molar-refractivity contribution in [3.8, 4) is 0 Å². The summed E-state index contributed by atoms with van der Waals surface area (Å²) in [6.45, 7) is 14.6. The number of hydrogen-bond acceptors (Lipinski definition) is 0. The number of benzene rings is 6. The summed E-state index contributed by atoms with van der Waals surface area (Å²) in [6.07, 6.45) is 6.79. The van der Waals surface area contributed by atoms with Gasteiger partial charge in [0.2, 0.25) is 0 Å². The van der Waals surface area contributed by atoms with E-state index in [1.807, 2.05) is 0 Å². The third kappa shape index (κ3) is 12.4. The van der Waals surface area contributed by atoms with Crippen molar-refractivity contribution in [3.63, 3.8) is 0 Å². The van der Waals surface area contributed by atoms with Crippen LogP contribution in [0.15, 0.2) is 182 Å². The third-order valence-corrected chi connectivity index (χ3v) is 21.6. The summed E-state index contributed by atoms with van der Waals surface area (Å²) in [5.74, 6) is 1.60. The van der Waals surface area contributed by atoms with E-state index >= 15 is 0 Å². The molecule has 6 aromatic rings. The Kier molecular flexibility index (Phi) is 19.1. The van der Waals surface area contributed by atoms with Gasteiger partial charge in [-0.25, -0.2) is 0 Å². The van der Waals surface area contributed by atoms with Crippen LogP contribution in [0.2, 0.25) is 0 Å². The minimum atomic E-state index is -0.462. The van der Waals surface area contributed by atoms with E-state index in [0.29, 0.717) is 22.1 Å². The SMILES string of the molecule is CC(C)(C)C1CC(P(c2ccccc2)c2ccccc2)C(P(c2ccccc2)c2ccccc2)C1.CC(C)(C)C1CCC(P(c2ccccc2)c2ccccc2)C1.[CH3-].[CH3-].[Fe+2]. The molecule has 4 unspecified atom stereocenters. The van der Waals surface area contributed by atoms with Crippen molar-refractivity contribution in [2.75, 3.05) is 0 Å². The molecule has 6 aromatic carbocycles. The second kappa shape index (κ2) is 23.0. The molecule has 2 aliphatic rings. The van der Waals surface area contributed by atoms with Crippen LogP contribution in [0.5, 0.6) is 0 Å². The molecule has 0 N–H and O–H groups in total. The monoisotopic (exact) mass is 890 g/mol. The quantitative estimate of drug-likeness (QED) is 0.0771. The van der Waals surface area contributed by atoms with Crippen LogP contribution >= 0.6 is 23.8 Å². The first-order valence-electron chi connectivity index (χ1n) is 21.3. The van der Waals surface area contributed by atoms with Gasteiger partial charge in [-0.2, -0.15) is 0 Å². The molecule has 0 nitrogen and oxygen atoms in total. The zero-order valence-corrected chi connectivity index (χ0v) is 41.2. The van der Waals surface area contributed by atoms with Gasteiger partial charge in [-0.3, -0.25) is 0 Å². The van der Waals surface area contributed by atoms with Crippen molar-refractivity contribution in [2.45, 2.75) is 90.6 Å². The first kappa shape index (κ1) is 49.8. The molecule has 2 saturated carbocycles. The van der Waals surface area contributed by atoms with Crippen LogP contribution in [-0.2, 0) is 17.1 Å². The Bertz CT molecular complexity index is 1850. The molecule has 0 amide bonds. The molecule has 0 aromatic heterocycles. The Hall–Kier alpha value is -2.87. The van der Waals surface area contributed by atoms with Gasteiger partial charge in [0.25, 0.3) is 0 Å². The largest absolute Gasteiger partial charge is 2.00 e. The first-order valence-corrected chi connectivity index (χ1v) is 25.5. The first-order chi connectivity index (χ1) is 27.6. The molecule has 60 heavy (non-hydrogen) atoms. The fourth-order valence-electron chi connectivity index (χ4n) is 9.40. The Morgan fingerprint density at radius 2 is 0.583 bits per heavy atom. The van der Waals surface area contributed by atoms with Crippen LogP contribution in [0.25, 0.3) is 0 Å². The van der Waals surface area contributed by atoms with Crippen molar-refractivity contribution in [2.24, 2.45) is 22.7 Å². The molecular formula is C56H69FeP3. The third-order valence-electron chi connectivity index (χ3n) is 12.6. The summed E-state index contributed by atoms with van der Waals surface area (Å²) in [6, 6.07) is 68.0. The van der Waals surface area contributed by atoms with E-state index in [-0.39, 0.29) is 39.8 Å². The van der Waals surface area contributed by atoms with Crippen LogP contribution < -0.4 is 31.8 Å². The maximum Gasteiger partial charge on any atom is 2.00 e. The van der Waals surface area contributed by atoms with E-state index in [0.717, 1.165) is 17.5 Å². The minimum Gasteiger partial charge on any atom is -0.358 e. The molecule has 4 heteroatoms. The Balaban J connectivity index is 0.000000276. The zero-order chi connectivity index (χ0) is 39.8. The van der Waals surface area contributed by atoms with E-state index in [1.165, 1.54) is 53.3 Å². The predicted octanol–water partition coefficient (Wildman–Crippen LogP) is 13.7. The molecule has 316 valence electrons. The van der Waals surface area contributed by atoms with Crippen LogP contribution in [0, 0.1) is 37.5 Å². The molecule has 0 aliphatic heterocycles. The molecule has 0 bridgehead atoms. The normalized spacial score (nSPS) is 20.1. The maximum absolute atomic E-state index is 2.46. The van der Waals surface area contributed by atoms with Crippen molar-refractivity contribution < 1.29 is 17.1 Å². The topological polar surface area (TPSA) is 0 Å². The van der Waals surface area contributed by atoms with Crippen LogP contribution in [0.3, 0.4) is 0 Å². The van der Waals surface area contributed by atoms with Crippen molar-refractivity contribution in [1.82, 2.24) is 0 Å². The van der Waals surface area contributed by atoms with Gasteiger partial charge in [0, 0.05) is 0 Å². The molecular weight excluding hydrogens is 821 g/mol. The van der Waals surface area contributed by atoms with Crippen molar-refractivity contribution >= 4 is 55.6 Å². The van der Waals surface area contributed by atoms with Gasteiger partial charge in [-0.1, -0.05) is 224 Å². The average Bonchev–Trinajstić information content (AvgIpc) is 3.91. The molecule has 0 radical (unpaired) electrons. The predicted molar refractivity (Wildman–Crippen MR) is 270 cm³/mol. The van der Waals surface area contributed by atoms with E-state index in [9.17, 15) is 0 Å². The van der Waals surface area contributed by atoms with Crippen LogP contribution in [-0.4, -0.2) is 17.0 Å². The number of rotatable bonds is 9. The van der Waals surface area contributed by atoms with Gasteiger partial charge < -0.3 is 14.9 Å². The van der Waals surface area contributed by atoms with E-state index in [2.05, 4.69) is 224 Å². The molecule has 4 atom stereocenters. The van der Waals surface area contributed by atoms with Gasteiger partial charge in [-0.05, 0) is 127 Å². The van der Waals surface area contributed by atoms with Gasteiger partial charge in [0.1, 0.15) is 0 Å². The summed E-state index contributed by atoms with van der Waals surface area (Å²) in [7, 11) is -1.15. The van der Waals surface area contributed by atoms with Crippen LogP contribution in [0.1, 0.15) is 73.6 Å². The number of hydrogen-bond donors (Lipinski definition) is 0. The fourth-order valence-corrected chi connectivity index (χ4v) is 19.2. The van der Waals surface area contributed by atoms with Crippen molar-refractivity contribution in [1.29, 1.82) is 0 Å². The molecule has 0 heterocycles. The molecule has 2 fully saturated rings. The van der Waals surface area contributed by atoms with Crippen molar-refractivity contribution in [3.05, 3.63) is 197 Å². The Labute approximate surface area is 380 Å². The molecule has 8 rings (SSSR count). The molecule has 2 aliphatic carbocycles. The zero-order valence-electron chi connectivity index (χ0n) is 37.4. The van der Waals surface area contributed by atoms with Crippen LogP contribution in [0.4, 0.5) is 0 Å².